The maximum atomic E-state index is 11.2. The molecule has 0 saturated heterocycles. The molecule has 0 saturated carbocycles. The Morgan fingerprint density at radius 1 is 1.17 bits per heavy atom. The van der Waals surface area contributed by atoms with Crippen LogP contribution in [0.25, 0.3) is 0 Å². The van der Waals surface area contributed by atoms with Crippen molar-refractivity contribution in [1.29, 1.82) is 0 Å². The third-order valence-corrected chi connectivity index (χ3v) is 4.49. The molecule has 24 heavy (non-hydrogen) atoms. The molecule has 124 valence electrons. The predicted molar refractivity (Wildman–Crippen MR) is 84.7 cm³/mol. The molecule has 3 atom stereocenters. The Bertz CT molecular complexity index is 788. The Hall–Kier alpha value is -2.73. The van der Waals surface area contributed by atoms with Gasteiger partial charge >= 0.3 is 5.97 Å². The van der Waals surface area contributed by atoms with Gasteiger partial charge in [0.05, 0.1) is 17.2 Å². The van der Waals surface area contributed by atoms with E-state index in [1.165, 1.54) is 11.5 Å². The van der Waals surface area contributed by atoms with Gasteiger partial charge in [0.25, 0.3) is 0 Å². The number of benzene rings is 1. The summed E-state index contributed by atoms with van der Waals surface area (Å²) in [5.74, 6) is -0.527. The van der Waals surface area contributed by atoms with Crippen molar-refractivity contribution < 1.29 is 24.5 Å². The first-order chi connectivity index (χ1) is 11.6. The first-order valence-corrected chi connectivity index (χ1v) is 7.76. The summed E-state index contributed by atoms with van der Waals surface area (Å²) in [6.07, 6.45) is 3.03. The minimum absolute atomic E-state index is 0.0116. The number of hydrogen-bond donors (Lipinski definition) is 2. The van der Waals surface area contributed by atoms with Gasteiger partial charge in [-0.15, -0.1) is 0 Å². The summed E-state index contributed by atoms with van der Waals surface area (Å²) in [5, 5.41) is 21.4. The lowest BCUT2D eigenvalue weighted by Gasteiger charge is -2.22. The molecule has 6 nitrogen and oxygen atoms in total. The number of rotatable bonds is 4. The van der Waals surface area contributed by atoms with Gasteiger partial charge < -0.3 is 19.7 Å². The minimum atomic E-state index is -0.528. The van der Waals surface area contributed by atoms with Crippen LogP contribution in [-0.2, 0) is 14.3 Å². The summed E-state index contributed by atoms with van der Waals surface area (Å²) in [6, 6.07) is 8.79. The van der Waals surface area contributed by atoms with Gasteiger partial charge in [-0.2, -0.15) is 0 Å². The summed E-state index contributed by atoms with van der Waals surface area (Å²) in [4.78, 5) is 11.2. The number of carbonyl (C=O) groups excluding carboxylic acids is 1. The Labute approximate surface area is 138 Å². The molecule has 2 aliphatic rings. The number of aromatic hydroxyl groups is 2. The highest BCUT2D eigenvalue weighted by Crippen LogP contribution is 2.55. The van der Waals surface area contributed by atoms with Gasteiger partial charge in [0.15, 0.2) is 0 Å². The number of fused-ring (bicyclic) bond motifs is 5. The molecule has 1 aromatic carbocycles. The Morgan fingerprint density at radius 3 is 2.29 bits per heavy atom. The van der Waals surface area contributed by atoms with E-state index in [4.69, 9.17) is 9.47 Å². The first-order valence-electron chi connectivity index (χ1n) is 7.76. The van der Waals surface area contributed by atoms with Crippen LogP contribution < -0.4 is 0 Å². The molecule has 0 spiro atoms. The normalized spacial score (nSPS) is 21.7. The fourth-order valence-corrected chi connectivity index (χ4v) is 3.43. The molecule has 2 unspecified atom stereocenters. The zero-order chi connectivity index (χ0) is 16.8. The molecule has 0 amide bonds. The standard InChI is InChI=1S/C18H17NO5/c1-10(20)23-9-12(11-5-3-2-4-6-11)19-17(21)15-13-7-8-14(24-13)16(15)18(19)22/h2-8,12-14,21-22H,9H2,1H3/t12-,13?,14?/m1/s1. The van der Waals surface area contributed by atoms with Gasteiger partial charge in [-0.25, -0.2) is 0 Å². The van der Waals surface area contributed by atoms with Crippen LogP contribution in [0.1, 0.15) is 41.9 Å². The molecular weight excluding hydrogens is 310 g/mol. The van der Waals surface area contributed by atoms with Crippen molar-refractivity contribution >= 4 is 5.97 Å². The maximum Gasteiger partial charge on any atom is 0.302 e. The van der Waals surface area contributed by atoms with Crippen LogP contribution in [0.2, 0.25) is 0 Å². The van der Waals surface area contributed by atoms with E-state index in [9.17, 15) is 15.0 Å². The van der Waals surface area contributed by atoms with E-state index in [1.807, 2.05) is 42.5 Å². The van der Waals surface area contributed by atoms with Gasteiger partial charge in [-0.05, 0) is 5.56 Å². The van der Waals surface area contributed by atoms with E-state index < -0.39 is 12.0 Å². The number of ether oxygens (including phenoxy) is 2. The predicted octanol–water partition coefficient (Wildman–Crippen LogP) is 2.73. The molecule has 4 rings (SSSR count). The molecule has 2 bridgehead atoms. The largest absolute Gasteiger partial charge is 0.494 e. The Kier molecular flexibility index (Phi) is 3.35. The highest BCUT2D eigenvalue weighted by atomic mass is 16.5. The molecule has 6 heteroatoms. The lowest BCUT2D eigenvalue weighted by atomic mass is 10.0. The SMILES string of the molecule is CC(=O)OC[C@H](c1ccccc1)n1c(O)c2c(c1O)C1C=CC2O1. The summed E-state index contributed by atoms with van der Waals surface area (Å²) < 4.78 is 12.2. The molecular formula is C18H17NO5. The maximum absolute atomic E-state index is 11.2. The van der Waals surface area contributed by atoms with Crippen molar-refractivity contribution in [1.82, 2.24) is 4.57 Å². The Morgan fingerprint density at radius 2 is 1.75 bits per heavy atom. The second kappa shape index (κ2) is 5.42. The van der Waals surface area contributed by atoms with E-state index in [0.29, 0.717) is 11.1 Å². The van der Waals surface area contributed by atoms with Crippen LogP contribution in [0, 0.1) is 0 Å². The van der Waals surface area contributed by atoms with Crippen LogP contribution in [0.5, 0.6) is 11.8 Å². The van der Waals surface area contributed by atoms with Gasteiger partial charge in [-0.3, -0.25) is 9.36 Å². The second-order valence-corrected chi connectivity index (χ2v) is 5.94. The van der Waals surface area contributed by atoms with Gasteiger partial charge in [0.2, 0.25) is 11.8 Å². The Balaban J connectivity index is 1.81. The van der Waals surface area contributed by atoms with E-state index >= 15 is 0 Å². The number of hydrogen-bond acceptors (Lipinski definition) is 5. The zero-order valence-corrected chi connectivity index (χ0v) is 13.0. The molecule has 3 heterocycles. The summed E-state index contributed by atoms with van der Waals surface area (Å²) in [6.45, 7) is 1.34. The fourth-order valence-electron chi connectivity index (χ4n) is 3.43. The van der Waals surface area contributed by atoms with Crippen molar-refractivity contribution in [2.24, 2.45) is 0 Å². The van der Waals surface area contributed by atoms with E-state index in [0.717, 1.165) is 5.56 Å². The van der Waals surface area contributed by atoms with E-state index in [1.54, 1.807) is 0 Å². The molecule has 1 aromatic heterocycles. The second-order valence-electron chi connectivity index (χ2n) is 5.94. The average Bonchev–Trinajstić information content (AvgIpc) is 3.25. The van der Waals surface area contributed by atoms with Gasteiger partial charge in [0, 0.05) is 6.92 Å². The number of aromatic nitrogens is 1. The number of carbonyl (C=O) groups is 1. The molecule has 0 fully saturated rings. The van der Waals surface area contributed by atoms with Crippen molar-refractivity contribution in [3.05, 3.63) is 59.2 Å². The monoisotopic (exact) mass is 327 g/mol. The molecule has 2 aliphatic heterocycles. The summed E-state index contributed by atoms with van der Waals surface area (Å²) >= 11 is 0. The van der Waals surface area contributed by atoms with Crippen molar-refractivity contribution in [3.8, 4) is 11.8 Å². The zero-order valence-electron chi connectivity index (χ0n) is 13.0. The van der Waals surface area contributed by atoms with Crippen LogP contribution >= 0.6 is 0 Å². The fraction of sp³-hybridized carbons (Fsp3) is 0.278. The highest BCUT2D eigenvalue weighted by molar-refractivity contribution is 5.66. The minimum Gasteiger partial charge on any atom is -0.494 e. The van der Waals surface area contributed by atoms with Crippen LogP contribution in [0.3, 0.4) is 0 Å². The smallest absolute Gasteiger partial charge is 0.302 e. The lowest BCUT2D eigenvalue weighted by molar-refractivity contribution is -0.141. The van der Waals surface area contributed by atoms with E-state index in [2.05, 4.69) is 0 Å². The van der Waals surface area contributed by atoms with Crippen molar-refractivity contribution in [3.63, 3.8) is 0 Å². The molecule has 2 N–H and O–H groups in total. The third kappa shape index (κ3) is 2.11. The van der Waals surface area contributed by atoms with Crippen LogP contribution in [-0.4, -0.2) is 27.4 Å². The van der Waals surface area contributed by atoms with Crippen LogP contribution in [0.15, 0.2) is 42.5 Å². The van der Waals surface area contributed by atoms with Crippen molar-refractivity contribution in [2.75, 3.05) is 6.61 Å². The molecule has 2 aromatic rings. The first kappa shape index (κ1) is 14.8. The van der Waals surface area contributed by atoms with Gasteiger partial charge in [-0.1, -0.05) is 42.5 Å². The summed E-state index contributed by atoms with van der Waals surface area (Å²) in [5.41, 5.74) is 1.99. The summed E-state index contributed by atoms with van der Waals surface area (Å²) in [7, 11) is 0. The van der Waals surface area contributed by atoms with Crippen molar-refractivity contribution in [2.45, 2.75) is 25.2 Å². The average molecular weight is 327 g/mol. The third-order valence-electron chi connectivity index (χ3n) is 4.49. The van der Waals surface area contributed by atoms with Crippen LogP contribution in [0.4, 0.5) is 0 Å². The van der Waals surface area contributed by atoms with E-state index in [-0.39, 0.29) is 30.6 Å². The number of nitrogens with zero attached hydrogens (tertiary/aromatic N) is 1. The number of esters is 1. The topological polar surface area (TPSA) is 80.9 Å². The highest BCUT2D eigenvalue weighted by Gasteiger charge is 2.43. The molecule has 0 aliphatic carbocycles. The quantitative estimate of drug-likeness (QED) is 0.666. The molecule has 0 radical (unpaired) electrons. The van der Waals surface area contributed by atoms with Gasteiger partial charge in [0.1, 0.15) is 18.8 Å². The lowest BCUT2D eigenvalue weighted by Crippen LogP contribution is -2.18.